The zero-order valence-corrected chi connectivity index (χ0v) is 17.1. The van der Waals surface area contributed by atoms with Crippen LogP contribution in [0.3, 0.4) is 0 Å². The van der Waals surface area contributed by atoms with E-state index in [4.69, 9.17) is 4.74 Å². The number of urea groups is 1. The van der Waals surface area contributed by atoms with Crippen LogP contribution in [0, 0.1) is 9.49 Å². The number of rotatable bonds is 3. The molecule has 0 spiro atoms. The number of para-hydroxylation sites is 1. The molecular formula is C18H26IN3O3. The van der Waals surface area contributed by atoms with Gasteiger partial charge in [0.1, 0.15) is 5.60 Å². The van der Waals surface area contributed by atoms with E-state index in [2.05, 4.69) is 33.2 Å². The lowest BCUT2D eigenvalue weighted by atomic mass is 9.97. The highest BCUT2D eigenvalue weighted by Crippen LogP contribution is 2.20. The second kappa shape index (κ2) is 8.73. The summed E-state index contributed by atoms with van der Waals surface area (Å²) in [6, 6.07) is 7.65. The van der Waals surface area contributed by atoms with Crippen LogP contribution in [-0.2, 0) is 4.74 Å². The summed E-state index contributed by atoms with van der Waals surface area (Å²) in [7, 11) is 0. The molecule has 0 bridgehead atoms. The lowest BCUT2D eigenvalue weighted by molar-refractivity contribution is 0.0512. The first kappa shape index (κ1) is 19.8. The second-order valence-electron chi connectivity index (χ2n) is 7.22. The average Bonchev–Trinajstić information content (AvgIpc) is 2.54. The molecule has 1 aromatic carbocycles. The number of carbonyl (C=O) groups excluding carboxylic acids is 2. The van der Waals surface area contributed by atoms with Crippen molar-refractivity contribution in [2.45, 2.75) is 39.2 Å². The Morgan fingerprint density at radius 1 is 1.24 bits per heavy atom. The summed E-state index contributed by atoms with van der Waals surface area (Å²) in [6.07, 6.45) is 1.36. The number of anilines is 1. The summed E-state index contributed by atoms with van der Waals surface area (Å²) in [5.41, 5.74) is 0.349. The van der Waals surface area contributed by atoms with Crippen LogP contribution in [0.15, 0.2) is 24.3 Å². The number of nitrogens with zero attached hydrogens (tertiary/aromatic N) is 1. The molecule has 1 aliphatic rings. The van der Waals surface area contributed by atoms with Gasteiger partial charge in [-0.1, -0.05) is 12.1 Å². The predicted molar refractivity (Wildman–Crippen MR) is 107 cm³/mol. The molecule has 0 radical (unpaired) electrons. The van der Waals surface area contributed by atoms with Gasteiger partial charge in [-0.25, -0.2) is 9.59 Å². The molecule has 1 aliphatic heterocycles. The molecule has 1 saturated heterocycles. The van der Waals surface area contributed by atoms with Crippen molar-refractivity contribution in [1.29, 1.82) is 0 Å². The Morgan fingerprint density at radius 2 is 1.88 bits per heavy atom. The summed E-state index contributed by atoms with van der Waals surface area (Å²) in [4.78, 5) is 25.9. The van der Waals surface area contributed by atoms with Gasteiger partial charge in [0.2, 0.25) is 0 Å². The maximum absolute atomic E-state index is 12.4. The van der Waals surface area contributed by atoms with E-state index >= 15 is 0 Å². The van der Waals surface area contributed by atoms with E-state index in [1.54, 1.807) is 0 Å². The van der Waals surface area contributed by atoms with Crippen LogP contribution in [0.2, 0.25) is 0 Å². The number of nitrogens with one attached hydrogen (secondary N) is 2. The Labute approximate surface area is 162 Å². The number of alkyl carbamates (subject to hydrolysis) is 1. The number of piperidine rings is 1. The van der Waals surface area contributed by atoms with Crippen molar-refractivity contribution in [3.63, 3.8) is 0 Å². The van der Waals surface area contributed by atoms with Gasteiger partial charge in [0.25, 0.3) is 0 Å². The fourth-order valence-electron chi connectivity index (χ4n) is 2.64. The van der Waals surface area contributed by atoms with E-state index in [9.17, 15) is 9.59 Å². The lowest BCUT2D eigenvalue weighted by Crippen LogP contribution is -2.44. The molecule has 138 valence electrons. The van der Waals surface area contributed by atoms with Crippen molar-refractivity contribution < 1.29 is 14.3 Å². The molecule has 1 fully saturated rings. The minimum Gasteiger partial charge on any atom is -0.444 e. The van der Waals surface area contributed by atoms with Gasteiger partial charge >= 0.3 is 12.1 Å². The van der Waals surface area contributed by atoms with Crippen molar-refractivity contribution in [2.75, 3.05) is 25.0 Å². The van der Waals surface area contributed by atoms with Crippen LogP contribution < -0.4 is 10.6 Å². The third-order valence-corrected chi connectivity index (χ3v) is 4.89. The van der Waals surface area contributed by atoms with Crippen LogP contribution in [0.4, 0.5) is 15.3 Å². The number of ether oxygens (including phenoxy) is 1. The molecule has 3 amide bonds. The predicted octanol–water partition coefficient (Wildman–Crippen LogP) is 4.06. The maximum atomic E-state index is 12.4. The topological polar surface area (TPSA) is 70.7 Å². The lowest BCUT2D eigenvalue weighted by Gasteiger charge is -2.32. The van der Waals surface area contributed by atoms with Gasteiger partial charge in [0.15, 0.2) is 0 Å². The van der Waals surface area contributed by atoms with Crippen molar-refractivity contribution in [1.82, 2.24) is 10.2 Å². The molecular weight excluding hydrogens is 433 g/mol. The molecule has 1 aromatic rings. The van der Waals surface area contributed by atoms with E-state index < -0.39 is 5.60 Å². The van der Waals surface area contributed by atoms with Crippen molar-refractivity contribution in [3.05, 3.63) is 27.8 Å². The normalized spacial score (nSPS) is 15.6. The van der Waals surface area contributed by atoms with Gasteiger partial charge < -0.3 is 20.3 Å². The maximum Gasteiger partial charge on any atom is 0.407 e. The molecule has 1 heterocycles. The number of hydrogen-bond donors (Lipinski definition) is 2. The summed E-state index contributed by atoms with van der Waals surface area (Å²) < 4.78 is 6.26. The zero-order valence-electron chi connectivity index (χ0n) is 15.0. The first-order valence-corrected chi connectivity index (χ1v) is 9.60. The number of benzene rings is 1. The Balaban J connectivity index is 1.73. The number of likely N-dealkylation sites (tertiary alicyclic amines) is 1. The van der Waals surface area contributed by atoms with E-state index in [1.807, 2.05) is 49.9 Å². The average molecular weight is 459 g/mol. The fraction of sp³-hybridized carbons (Fsp3) is 0.556. The summed E-state index contributed by atoms with van der Waals surface area (Å²) in [5, 5.41) is 5.78. The monoisotopic (exact) mass is 459 g/mol. The van der Waals surface area contributed by atoms with Crippen molar-refractivity contribution in [3.8, 4) is 0 Å². The molecule has 0 atom stereocenters. The van der Waals surface area contributed by atoms with Gasteiger partial charge in [-0.2, -0.15) is 0 Å². The molecule has 0 saturated carbocycles. The van der Waals surface area contributed by atoms with Crippen molar-refractivity contribution >= 4 is 40.4 Å². The molecule has 0 aromatic heterocycles. The van der Waals surface area contributed by atoms with Crippen LogP contribution in [0.1, 0.15) is 33.6 Å². The van der Waals surface area contributed by atoms with Crippen LogP contribution in [0.5, 0.6) is 0 Å². The second-order valence-corrected chi connectivity index (χ2v) is 8.39. The number of amides is 3. The van der Waals surface area contributed by atoms with Crippen LogP contribution in [-0.4, -0.2) is 42.3 Å². The smallest absolute Gasteiger partial charge is 0.407 e. The number of carbonyl (C=O) groups is 2. The fourth-order valence-corrected chi connectivity index (χ4v) is 3.16. The Morgan fingerprint density at radius 3 is 2.48 bits per heavy atom. The van der Waals surface area contributed by atoms with E-state index in [0.717, 1.165) is 22.1 Å². The van der Waals surface area contributed by atoms with E-state index in [-0.39, 0.29) is 12.1 Å². The first-order valence-electron chi connectivity index (χ1n) is 8.52. The third-order valence-electron chi connectivity index (χ3n) is 3.95. The molecule has 0 unspecified atom stereocenters. The number of halogens is 1. The Bertz CT molecular complexity index is 608. The SMILES string of the molecule is CC(C)(C)OC(=O)NCC1CCN(C(=O)Nc2ccccc2I)CC1. The molecule has 2 N–H and O–H groups in total. The minimum atomic E-state index is -0.486. The zero-order chi connectivity index (χ0) is 18.4. The largest absolute Gasteiger partial charge is 0.444 e. The summed E-state index contributed by atoms with van der Waals surface area (Å²) >= 11 is 2.21. The third kappa shape index (κ3) is 6.72. The van der Waals surface area contributed by atoms with Gasteiger partial charge in [0, 0.05) is 23.2 Å². The minimum absolute atomic E-state index is 0.0670. The molecule has 7 heteroatoms. The summed E-state index contributed by atoms with van der Waals surface area (Å²) in [6.45, 7) is 7.50. The first-order chi connectivity index (χ1) is 11.7. The van der Waals surface area contributed by atoms with Crippen molar-refractivity contribution in [2.24, 2.45) is 5.92 Å². The molecule has 2 rings (SSSR count). The Kier molecular flexibility index (Phi) is 6.92. The quantitative estimate of drug-likeness (QED) is 0.670. The van der Waals surface area contributed by atoms with E-state index in [0.29, 0.717) is 25.6 Å². The summed E-state index contributed by atoms with van der Waals surface area (Å²) in [5.74, 6) is 0.369. The van der Waals surface area contributed by atoms with Crippen LogP contribution in [0.25, 0.3) is 0 Å². The standard InChI is InChI=1S/C18H26IN3O3/c1-18(2,3)25-17(24)20-12-13-8-10-22(11-9-13)16(23)21-15-7-5-4-6-14(15)19/h4-7,13H,8-12H2,1-3H3,(H,20,24)(H,21,23). The highest BCUT2D eigenvalue weighted by Gasteiger charge is 2.24. The van der Waals surface area contributed by atoms with Gasteiger partial charge in [-0.05, 0) is 74.3 Å². The number of hydrogen-bond acceptors (Lipinski definition) is 3. The Hall–Kier alpha value is -1.51. The van der Waals surface area contributed by atoms with Crippen LogP contribution >= 0.6 is 22.6 Å². The van der Waals surface area contributed by atoms with E-state index in [1.165, 1.54) is 0 Å². The molecule has 0 aliphatic carbocycles. The molecule has 25 heavy (non-hydrogen) atoms. The highest BCUT2D eigenvalue weighted by molar-refractivity contribution is 14.1. The van der Waals surface area contributed by atoms with Gasteiger partial charge in [-0.15, -0.1) is 0 Å². The van der Waals surface area contributed by atoms with Gasteiger partial charge in [-0.3, -0.25) is 0 Å². The van der Waals surface area contributed by atoms with Gasteiger partial charge in [0.05, 0.1) is 5.69 Å². The molecule has 6 nitrogen and oxygen atoms in total. The highest BCUT2D eigenvalue weighted by atomic mass is 127.